The second-order valence-corrected chi connectivity index (χ2v) is 12.0. The van der Waals surface area contributed by atoms with Gasteiger partial charge in [-0.15, -0.1) is 0 Å². The first-order valence-corrected chi connectivity index (χ1v) is 15.7. The molecule has 11 rings (SSSR count). The van der Waals surface area contributed by atoms with Gasteiger partial charge in [-0.3, -0.25) is 8.97 Å². The molecule has 0 amide bonds. The maximum Gasteiger partial charge on any atom is 0.235 e. The Bertz CT molecular complexity index is 3080. The van der Waals surface area contributed by atoms with E-state index in [0.717, 1.165) is 93.5 Å². The van der Waals surface area contributed by atoms with Gasteiger partial charge in [0, 0.05) is 37.9 Å². The van der Waals surface area contributed by atoms with Crippen LogP contribution >= 0.6 is 0 Å². The van der Waals surface area contributed by atoms with Gasteiger partial charge < -0.3 is 4.42 Å². The van der Waals surface area contributed by atoms with E-state index in [0.29, 0.717) is 5.95 Å². The molecular weight excluding hydrogens is 578 g/mol. The maximum atomic E-state index is 6.54. The Balaban J connectivity index is 1.36. The molecule has 0 radical (unpaired) electrons. The first-order chi connectivity index (χ1) is 23.3. The van der Waals surface area contributed by atoms with Crippen LogP contribution in [0.1, 0.15) is 0 Å². The van der Waals surface area contributed by atoms with E-state index in [1.807, 2.05) is 30.3 Å². The first-order valence-electron chi connectivity index (χ1n) is 15.7. The third-order valence-corrected chi connectivity index (χ3v) is 9.50. The van der Waals surface area contributed by atoms with Crippen molar-refractivity contribution in [2.75, 3.05) is 0 Å². The van der Waals surface area contributed by atoms with Gasteiger partial charge in [-0.1, -0.05) is 103 Å². The second-order valence-electron chi connectivity index (χ2n) is 12.0. The van der Waals surface area contributed by atoms with E-state index >= 15 is 0 Å². The number of hydrogen-bond donors (Lipinski definition) is 0. The molecule has 5 aromatic heterocycles. The molecule has 0 bridgehead atoms. The Kier molecular flexibility index (Phi) is 4.75. The average Bonchev–Trinajstić information content (AvgIpc) is 3.82. The molecule has 0 fully saturated rings. The third-order valence-electron chi connectivity index (χ3n) is 9.50. The van der Waals surface area contributed by atoms with Gasteiger partial charge in [-0.05, 0) is 36.4 Å². The molecule has 5 heterocycles. The quantitative estimate of drug-likeness (QED) is 0.198. The molecule has 0 aliphatic heterocycles. The van der Waals surface area contributed by atoms with Crippen LogP contribution in [0.5, 0.6) is 0 Å². The summed E-state index contributed by atoms with van der Waals surface area (Å²) in [5.74, 6) is 0.613. The molecule has 6 nitrogen and oxygen atoms in total. The van der Waals surface area contributed by atoms with Crippen molar-refractivity contribution in [3.8, 4) is 17.2 Å². The summed E-state index contributed by atoms with van der Waals surface area (Å²) in [4.78, 5) is 16.0. The van der Waals surface area contributed by atoms with Crippen LogP contribution in [0.2, 0.25) is 0 Å². The average molecular weight is 602 g/mol. The number of fused-ring (bicyclic) bond motifs is 15. The van der Waals surface area contributed by atoms with Crippen LogP contribution in [0, 0.1) is 0 Å². The minimum atomic E-state index is 0.613. The van der Waals surface area contributed by atoms with Crippen LogP contribution in [0.25, 0.3) is 99.4 Å². The number of benzene rings is 6. The number of pyridine rings is 1. The van der Waals surface area contributed by atoms with Gasteiger partial charge in [-0.2, -0.15) is 0 Å². The molecule has 0 unspecified atom stereocenters. The number of rotatable bonds is 2. The first kappa shape index (κ1) is 24.8. The predicted molar refractivity (Wildman–Crippen MR) is 190 cm³/mol. The zero-order chi connectivity index (χ0) is 30.6. The van der Waals surface area contributed by atoms with E-state index in [2.05, 4.69) is 118 Å². The highest BCUT2D eigenvalue weighted by molar-refractivity contribution is 6.22. The van der Waals surface area contributed by atoms with E-state index in [1.165, 1.54) is 0 Å². The molecule has 0 saturated heterocycles. The molecule has 11 aromatic rings. The molecule has 0 aliphatic rings. The Morgan fingerprint density at radius 2 is 1.17 bits per heavy atom. The highest BCUT2D eigenvalue weighted by Crippen LogP contribution is 2.41. The standard InChI is InChI=1S/C41H23N5O/c1-2-12-24(13-3-1)35-29-17-6-9-19-31(29)42-41(44-35)46-32-20-10-7-14-25(32)26-22-23-33-36(37(26)46)43-40-28-16-5-4-15-27(28)39-38(45(33)40)30-18-8-11-21-34(30)47-39/h1-23H. The van der Waals surface area contributed by atoms with Crippen molar-refractivity contribution in [3.05, 3.63) is 140 Å². The third kappa shape index (κ3) is 3.26. The largest absolute Gasteiger partial charge is 0.454 e. The van der Waals surface area contributed by atoms with Gasteiger partial charge in [0.2, 0.25) is 5.95 Å². The highest BCUT2D eigenvalue weighted by atomic mass is 16.3. The number of aromatic nitrogens is 5. The summed E-state index contributed by atoms with van der Waals surface area (Å²) in [5, 5.41) is 6.39. The smallest absolute Gasteiger partial charge is 0.235 e. The van der Waals surface area contributed by atoms with Crippen LogP contribution in [-0.2, 0) is 0 Å². The van der Waals surface area contributed by atoms with Crippen molar-refractivity contribution in [1.29, 1.82) is 0 Å². The van der Waals surface area contributed by atoms with Gasteiger partial charge >= 0.3 is 0 Å². The lowest BCUT2D eigenvalue weighted by molar-refractivity contribution is 0.672. The minimum absolute atomic E-state index is 0.613. The van der Waals surface area contributed by atoms with Crippen LogP contribution < -0.4 is 0 Å². The normalized spacial score (nSPS) is 12.3. The summed E-state index contributed by atoms with van der Waals surface area (Å²) in [6, 6.07) is 48.1. The number of furan rings is 1. The summed E-state index contributed by atoms with van der Waals surface area (Å²) in [6.45, 7) is 0. The topological polar surface area (TPSA) is 61.2 Å². The summed E-state index contributed by atoms with van der Waals surface area (Å²) >= 11 is 0. The molecule has 218 valence electrons. The van der Waals surface area contributed by atoms with E-state index in [9.17, 15) is 0 Å². The zero-order valence-electron chi connectivity index (χ0n) is 24.9. The van der Waals surface area contributed by atoms with Crippen molar-refractivity contribution in [3.63, 3.8) is 0 Å². The number of imidazole rings is 1. The fourth-order valence-corrected chi connectivity index (χ4v) is 7.50. The fraction of sp³-hybridized carbons (Fsp3) is 0. The molecule has 0 spiro atoms. The van der Waals surface area contributed by atoms with Crippen LogP contribution in [0.4, 0.5) is 0 Å². The molecule has 6 heteroatoms. The second kappa shape index (κ2) is 9.02. The Labute approximate surface area is 266 Å². The van der Waals surface area contributed by atoms with E-state index in [1.54, 1.807) is 0 Å². The van der Waals surface area contributed by atoms with Crippen LogP contribution in [0.15, 0.2) is 144 Å². The lowest BCUT2D eigenvalue weighted by atomic mass is 10.1. The minimum Gasteiger partial charge on any atom is -0.454 e. The lowest BCUT2D eigenvalue weighted by Gasteiger charge is -2.11. The van der Waals surface area contributed by atoms with Gasteiger partial charge in [-0.25, -0.2) is 15.0 Å². The molecular formula is C41H23N5O. The van der Waals surface area contributed by atoms with Gasteiger partial charge in [0.05, 0.1) is 27.8 Å². The summed E-state index contributed by atoms with van der Waals surface area (Å²) in [7, 11) is 0. The van der Waals surface area contributed by atoms with Crippen molar-refractivity contribution in [1.82, 2.24) is 23.9 Å². The number of nitrogens with zero attached hydrogens (tertiary/aromatic N) is 5. The van der Waals surface area contributed by atoms with E-state index < -0.39 is 0 Å². The predicted octanol–water partition coefficient (Wildman–Crippen LogP) is 10.2. The molecule has 0 aliphatic carbocycles. The van der Waals surface area contributed by atoms with Gasteiger partial charge in [0.15, 0.2) is 5.58 Å². The van der Waals surface area contributed by atoms with Crippen LogP contribution in [-0.4, -0.2) is 23.9 Å². The van der Waals surface area contributed by atoms with Crippen molar-refractivity contribution >= 4 is 82.2 Å². The lowest BCUT2D eigenvalue weighted by Crippen LogP contribution is -2.03. The van der Waals surface area contributed by atoms with Crippen molar-refractivity contribution < 1.29 is 4.42 Å². The number of hydrogen-bond acceptors (Lipinski definition) is 4. The molecule has 47 heavy (non-hydrogen) atoms. The number of para-hydroxylation sites is 3. The van der Waals surface area contributed by atoms with Crippen LogP contribution in [0.3, 0.4) is 0 Å². The SMILES string of the molecule is c1ccc(-c2nc(-n3c4ccccc4c4ccc5c(nc6c7ccccc7c7oc8ccccc8c7n56)c43)nc3ccccc23)cc1. The Morgan fingerprint density at radius 1 is 0.468 bits per heavy atom. The summed E-state index contributed by atoms with van der Waals surface area (Å²) < 4.78 is 11.0. The Morgan fingerprint density at radius 3 is 2.04 bits per heavy atom. The van der Waals surface area contributed by atoms with Crippen molar-refractivity contribution in [2.24, 2.45) is 0 Å². The maximum absolute atomic E-state index is 6.54. The van der Waals surface area contributed by atoms with E-state index in [-0.39, 0.29) is 0 Å². The molecule has 6 aromatic carbocycles. The van der Waals surface area contributed by atoms with Gasteiger partial charge in [0.25, 0.3) is 0 Å². The fourth-order valence-electron chi connectivity index (χ4n) is 7.50. The molecule has 0 saturated carbocycles. The zero-order valence-corrected chi connectivity index (χ0v) is 24.9. The summed E-state index contributed by atoms with van der Waals surface area (Å²) in [6.07, 6.45) is 0. The Hall–Kier alpha value is -6.53. The van der Waals surface area contributed by atoms with Crippen molar-refractivity contribution in [2.45, 2.75) is 0 Å². The summed E-state index contributed by atoms with van der Waals surface area (Å²) in [5.41, 5.74) is 10.4. The van der Waals surface area contributed by atoms with E-state index in [4.69, 9.17) is 19.4 Å². The molecule has 0 atom stereocenters. The van der Waals surface area contributed by atoms with Gasteiger partial charge in [0.1, 0.15) is 22.3 Å². The highest BCUT2D eigenvalue weighted by Gasteiger charge is 2.24. The monoisotopic (exact) mass is 601 g/mol. The molecule has 0 N–H and O–H groups in total.